The van der Waals surface area contributed by atoms with Gasteiger partial charge in [-0.2, -0.15) is 0 Å². The molecule has 4 aromatic rings. The number of rotatable bonds is 10. The molecule has 43 heavy (non-hydrogen) atoms. The lowest BCUT2D eigenvalue weighted by Crippen LogP contribution is -3.00. The van der Waals surface area contributed by atoms with Gasteiger partial charge in [-0.25, -0.2) is 13.3 Å². The second kappa shape index (κ2) is 14.0. The van der Waals surface area contributed by atoms with Gasteiger partial charge < -0.3 is 43.8 Å². The maximum absolute atomic E-state index is 13.6. The van der Waals surface area contributed by atoms with Crippen molar-refractivity contribution in [1.82, 2.24) is 0 Å². The van der Waals surface area contributed by atoms with Crippen LogP contribution in [0.4, 0.5) is 14.5 Å². The Kier molecular flexibility index (Phi) is 10.5. The number of aliphatic hydroxyl groups excluding tert-OH is 1. The maximum atomic E-state index is 13.6. The minimum atomic E-state index is -0.900. The lowest BCUT2D eigenvalue weighted by atomic mass is 9.77. The van der Waals surface area contributed by atoms with Gasteiger partial charge in [0.25, 0.3) is 0 Å². The predicted octanol–water partition coefficient (Wildman–Crippen LogP) is 2.00. The molecule has 1 aliphatic heterocycles. The van der Waals surface area contributed by atoms with Gasteiger partial charge in [0, 0.05) is 23.4 Å². The number of benzene rings is 3. The Morgan fingerprint density at radius 2 is 1.58 bits per heavy atom. The zero-order chi connectivity index (χ0) is 29.8. The van der Waals surface area contributed by atoms with E-state index in [1.54, 1.807) is 12.1 Å². The standard InChI is InChI=1S/C33H30F2N2O5.HI/c1-36-16-14-21(15-17-36)19-31(40)42-20-22-2-11-27(30(39)18-22)32-28(12-13-29(38)23-3-5-24(34)6-4-23)33(41)37(32)26-9-7-25(35)8-10-26;/h2-11,14-18,28-29,32,38H,12-13,19-20H2,1H3;1H. The highest BCUT2D eigenvalue weighted by Crippen LogP contribution is 2.48. The molecule has 10 heteroatoms. The van der Waals surface area contributed by atoms with Crippen LogP contribution in [0, 0.1) is 17.6 Å². The van der Waals surface area contributed by atoms with Crippen LogP contribution in [0.3, 0.4) is 0 Å². The van der Waals surface area contributed by atoms with Crippen LogP contribution in [0.15, 0.2) is 91.3 Å². The van der Waals surface area contributed by atoms with Gasteiger partial charge in [-0.1, -0.05) is 24.3 Å². The number of aliphatic hydroxyl groups is 1. The molecule has 0 radical (unpaired) electrons. The number of nitrogens with zero attached hydrogens (tertiary/aromatic N) is 2. The lowest BCUT2D eigenvalue weighted by molar-refractivity contribution is -0.671. The third kappa shape index (κ3) is 7.55. The van der Waals surface area contributed by atoms with Crippen molar-refractivity contribution in [3.05, 3.63) is 125 Å². The number of phenolic OH excluding ortho intramolecular Hbond substituents is 1. The van der Waals surface area contributed by atoms with Gasteiger partial charge in [0.15, 0.2) is 12.4 Å². The number of aromatic nitrogens is 1. The van der Waals surface area contributed by atoms with E-state index in [-0.39, 0.29) is 55.1 Å². The average molecular weight is 701 g/mol. The summed E-state index contributed by atoms with van der Waals surface area (Å²) in [5.41, 5.74) is 2.90. The number of aromatic hydroxyl groups is 1. The van der Waals surface area contributed by atoms with Crippen molar-refractivity contribution in [2.24, 2.45) is 13.0 Å². The van der Waals surface area contributed by atoms with E-state index in [1.807, 2.05) is 36.1 Å². The van der Waals surface area contributed by atoms with Crippen molar-refractivity contribution < 1.29 is 61.9 Å². The Morgan fingerprint density at radius 3 is 2.21 bits per heavy atom. The number of esters is 1. The minimum absolute atomic E-state index is 0. The molecule has 1 saturated heterocycles. The normalized spacial score (nSPS) is 16.7. The van der Waals surface area contributed by atoms with E-state index in [9.17, 15) is 28.6 Å². The van der Waals surface area contributed by atoms with Gasteiger partial charge in [0.05, 0.1) is 24.5 Å². The SMILES string of the molecule is C[n+]1ccc(CC(=O)OCc2ccc(C3C(CCC(O)c4ccc(F)cc4)C(=O)N3c3ccc(F)cc3)c(O)c2)cc1.[I-]. The largest absolute Gasteiger partial charge is 1.00 e. The number of β-lactam (4-membered cyclic amide) rings is 1. The molecule has 3 atom stereocenters. The lowest BCUT2D eigenvalue weighted by Gasteiger charge is -2.48. The molecule has 3 unspecified atom stereocenters. The van der Waals surface area contributed by atoms with E-state index in [1.165, 1.54) is 59.5 Å². The molecular weight excluding hydrogens is 669 g/mol. The fourth-order valence-corrected chi connectivity index (χ4v) is 5.22. The molecule has 0 bridgehead atoms. The number of pyridine rings is 1. The molecule has 0 saturated carbocycles. The number of carbonyl (C=O) groups excluding carboxylic acids is 2. The Balaban J connectivity index is 0.00000423. The quantitative estimate of drug-likeness (QED) is 0.115. The first-order valence-electron chi connectivity index (χ1n) is 13.6. The third-order valence-corrected chi connectivity index (χ3v) is 7.53. The molecule has 0 spiro atoms. The molecule has 1 fully saturated rings. The number of hydrogen-bond donors (Lipinski definition) is 2. The Morgan fingerprint density at radius 1 is 0.953 bits per heavy atom. The molecule has 2 heterocycles. The number of amides is 1. The number of carbonyl (C=O) groups is 2. The molecule has 5 rings (SSSR count). The molecule has 1 aliphatic rings. The van der Waals surface area contributed by atoms with Gasteiger partial charge in [-0.15, -0.1) is 0 Å². The van der Waals surface area contributed by atoms with Gasteiger partial charge in [0.1, 0.15) is 31.0 Å². The van der Waals surface area contributed by atoms with Crippen LogP contribution in [0.2, 0.25) is 0 Å². The second-order valence-corrected chi connectivity index (χ2v) is 10.5. The maximum Gasteiger partial charge on any atom is 0.310 e. The summed E-state index contributed by atoms with van der Waals surface area (Å²) in [5, 5.41) is 21.7. The molecule has 224 valence electrons. The Bertz CT molecular complexity index is 1570. The predicted molar refractivity (Wildman–Crippen MR) is 150 cm³/mol. The molecule has 0 aliphatic carbocycles. The van der Waals surface area contributed by atoms with Crippen LogP contribution < -0.4 is 33.4 Å². The summed E-state index contributed by atoms with van der Waals surface area (Å²) in [5.74, 6) is -2.11. The van der Waals surface area contributed by atoms with E-state index in [4.69, 9.17) is 4.74 Å². The third-order valence-electron chi connectivity index (χ3n) is 7.53. The number of hydrogen-bond acceptors (Lipinski definition) is 5. The molecule has 3 aromatic carbocycles. The van der Waals surface area contributed by atoms with Crippen molar-refractivity contribution in [1.29, 1.82) is 0 Å². The van der Waals surface area contributed by atoms with Crippen molar-refractivity contribution in [2.45, 2.75) is 38.0 Å². The Hall–Kier alpha value is -3.90. The van der Waals surface area contributed by atoms with Crippen molar-refractivity contribution in [2.75, 3.05) is 4.90 Å². The molecule has 1 aromatic heterocycles. The highest BCUT2D eigenvalue weighted by molar-refractivity contribution is 6.03. The number of ether oxygens (including phenoxy) is 1. The summed E-state index contributed by atoms with van der Waals surface area (Å²) in [6, 6.07) is 19.1. The van der Waals surface area contributed by atoms with E-state index in [0.29, 0.717) is 28.8 Å². The van der Waals surface area contributed by atoms with E-state index >= 15 is 0 Å². The highest BCUT2D eigenvalue weighted by atomic mass is 127. The summed E-state index contributed by atoms with van der Waals surface area (Å²) in [6.07, 6.45) is 3.45. The highest BCUT2D eigenvalue weighted by Gasteiger charge is 2.49. The average Bonchev–Trinajstić information content (AvgIpc) is 2.97. The molecular formula is C33H31F2IN2O5. The van der Waals surface area contributed by atoms with Crippen LogP contribution >= 0.6 is 0 Å². The van der Waals surface area contributed by atoms with E-state index in [0.717, 1.165) is 5.56 Å². The van der Waals surface area contributed by atoms with Crippen LogP contribution in [0.5, 0.6) is 5.75 Å². The minimum Gasteiger partial charge on any atom is -1.00 e. The summed E-state index contributed by atoms with van der Waals surface area (Å²) in [7, 11) is 1.89. The summed E-state index contributed by atoms with van der Waals surface area (Å²) in [6.45, 7) is -0.0359. The fourth-order valence-electron chi connectivity index (χ4n) is 5.22. The van der Waals surface area contributed by atoms with Crippen molar-refractivity contribution in [3.63, 3.8) is 0 Å². The van der Waals surface area contributed by atoms with Crippen molar-refractivity contribution in [3.8, 4) is 5.75 Å². The summed E-state index contributed by atoms with van der Waals surface area (Å²) in [4.78, 5) is 27.1. The van der Waals surface area contributed by atoms with E-state index in [2.05, 4.69) is 0 Å². The van der Waals surface area contributed by atoms with Gasteiger partial charge in [-0.3, -0.25) is 9.59 Å². The van der Waals surface area contributed by atoms with E-state index < -0.39 is 35.7 Å². The smallest absolute Gasteiger partial charge is 0.310 e. The van der Waals surface area contributed by atoms with Crippen LogP contribution in [0.1, 0.15) is 47.2 Å². The first kappa shape index (κ1) is 32.0. The topological polar surface area (TPSA) is 90.9 Å². The monoisotopic (exact) mass is 700 g/mol. The number of anilines is 1. The van der Waals surface area contributed by atoms with Gasteiger partial charge in [-0.05, 0) is 72.0 Å². The van der Waals surface area contributed by atoms with Crippen LogP contribution in [-0.2, 0) is 34.4 Å². The molecule has 7 nitrogen and oxygen atoms in total. The summed E-state index contributed by atoms with van der Waals surface area (Å²) < 4.78 is 34.2. The first-order chi connectivity index (χ1) is 20.2. The van der Waals surface area contributed by atoms with Gasteiger partial charge >= 0.3 is 5.97 Å². The number of phenols is 1. The Labute approximate surface area is 265 Å². The molecule has 2 N–H and O–H groups in total. The summed E-state index contributed by atoms with van der Waals surface area (Å²) >= 11 is 0. The van der Waals surface area contributed by atoms with Crippen molar-refractivity contribution >= 4 is 17.6 Å². The second-order valence-electron chi connectivity index (χ2n) is 10.5. The van der Waals surface area contributed by atoms with Crippen LogP contribution in [0.25, 0.3) is 0 Å². The number of halogens is 3. The first-order valence-corrected chi connectivity index (χ1v) is 13.6. The van der Waals surface area contributed by atoms with Gasteiger partial charge in [0.2, 0.25) is 5.91 Å². The fraction of sp³-hybridized carbons (Fsp3) is 0.242. The zero-order valence-corrected chi connectivity index (χ0v) is 25.5. The zero-order valence-electron chi connectivity index (χ0n) is 23.4. The number of aryl methyl sites for hydroxylation is 1. The van der Waals surface area contributed by atoms with Crippen LogP contribution in [-0.4, -0.2) is 22.1 Å². The molecule has 1 amide bonds.